The highest BCUT2D eigenvalue weighted by Crippen LogP contribution is 2.31. The first-order valence-electron chi connectivity index (χ1n) is 32.4. The number of fused-ring (bicyclic) bond motifs is 2. The van der Waals surface area contributed by atoms with Crippen LogP contribution in [0.2, 0.25) is 0 Å². The van der Waals surface area contributed by atoms with Gasteiger partial charge in [0.05, 0.1) is 92.2 Å². The number of aromatic hydroxyl groups is 1. The summed E-state index contributed by atoms with van der Waals surface area (Å²) in [6.07, 6.45) is -3.63. The number of methoxy groups -OCH3 is 1. The molecule has 534 valence electrons. The molecule has 4 fully saturated rings. The number of hydrogen-bond acceptors (Lipinski definition) is 25. The molecule has 3 aromatic rings. The molecule has 0 saturated carbocycles. The minimum Gasteiger partial charge on any atom is -0.504 e. The van der Waals surface area contributed by atoms with E-state index in [1.807, 2.05) is 24.3 Å². The Morgan fingerprint density at radius 3 is 2.08 bits per heavy atom. The average Bonchev–Trinajstić information content (AvgIpc) is 1.62. The lowest BCUT2D eigenvalue weighted by Crippen LogP contribution is -2.64. The fourth-order valence-electron chi connectivity index (χ4n) is 12.1. The highest BCUT2D eigenvalue weighted by molar-refractivity contribution is 7.81. The van der Waals surface area contributed by atoms with Gasteiger partial charge in [-0.15, -0.1) is 0 Å². The van der Waals surface area contributed by atoms with Crippen molar-refractivity contribution in [3.8, 4) is 28.6 Å². The highest BCUT2D eigenvalue weighted by Gasteiger charge is 2.50. The highest BCUT2D eigenvalue weighted by atomic mass is 32.3. The molecular formula is C63H95N11O21S. The molecule has 0 radical (unpaired) electrons. The number of rotatable bonds is 26. The Kier molecular flexibility index (Phi) is 27.8. The number of carbonyl (C=O) groups is 6. The Morgan fingerprint density at radius 2 is 1.44 bits per heavy atom. The summed E-state index contributed by atoms with van der Waals surface area (Å²) in [6.45, 7) is 5.99. The van der Waals surface area contributed by atoms with Gasteiger partial charge in [0.15, 0.2) is 17.3 Å². The maximum absolute atomic E-state index is 15.0. The SMILES string of the molecule is COC(C)(C)CCCCCOc1ccc(-c2ncc(N3CCC(CNC4C[C@@H](O)CNC(=O)[C@@H]5[C@@H](O)[C@@H](C)CN5C(=O)[C@H]([C@H](O)CCNC(CO)CO)NC(=O)[C@H]([C@H](O)Cc5ccc(O)c(OS(=O)(=O)O)c5)NC(=O)[C@@H]5C[C@@H](O)CN5C(=O)[C@H]([C@@H](C)O)NC4=O)CC3)cn2)cc1. The maximum Gasteiger partial charge on any atom is 0.446 e. The molecule has 2 aromatic carbocycles. The third-order valence-corrected chi connectivity index (χ3v) is 18.4. The van der Waals surface area contributed by atoms with Crippen molar-refractivity contribution in [2.24, 2.45) is 11.8 Å². The van der Waals surface area contributed by atoms with Crippen LogP contribution in [-0.2, 0) is 50.3 Å². The Hall–Kier alpha value is -6.99. The molecule has 4 saturated heterocycles. The Bertz CT molecular complexity index is 3180. The largest absolute Gasteiger partial charge is 0.504 e. The van der Waals surface area contributed by atoms with E-state index in [0.717, 1.165) is 70.7 Å². The van der Waals surface area contributed by atoms with E-state index in [2.05, 4.69) is 64.8 Å². The minimum atomic E-state index is -5.23. The second kappa shape index (κ2) is 35.0. The smallest absolute Gasteiger partial charge is 0.446 e. The van der Waals surface area contributed by atoms with Gasteiger partial charge in [0, 0.05) is 64.2 Å². The number of carbonyl (C=O) groups excluding carboxylic acids is 6. The van der Waals surface area contributed by atoms with E-state index >= 15 is 0 Å². The fourth-order valence-corrected chi connectivity index (χ4v) is 12.5. The second-order valence-electron chi connectivity index (χ2n) is 25.9. The number of aliphatic hydroxyl groups is 8. The van der Waals surface area contributed by atoms with Crippen LogP contribution >= 0.6 is 0 Å². The summed E-state index contributed by atoms with van der Waals surface area (Å²) in [5.74, 6) is -7.99. The molecule has 0 aliphatic carbocycles. The fraction of sp³-hybridized carbons (Fsp3) is 0.651. The number of anilines is 1. The standard InChI is InChI=1S/C63H95N11O21S/c1-35-31-74-54(55(35)83)60(87)68-30-42(78)25-45(65-27-37-16-20-72(21-17-37)41-28-66-56(67-29-41)39-10-12-44(13-11-39)94-22-8-6-7-18-63(3,4)93-5)57(84)69-51(36(2)77)61(88)73-32-43(79)26-46(73)58(85)70-52(49(82)23-38-9-14-47(80)50(24-38)95-96(90,91)92)59(86)71-53(62(74)89)48(81)15-19-64-40(33-75)34-76/h9-14,24,28-29,35-37,40,42-43,45-46,48-49,51-55,64-65,75-83H,6-8,15-23,25-27,30-34H2,1-5H3,(H,68,87)(H,69,84)(H,70,85)(H,71,86)(H,90,91,92)/t35-,36+,42+,43+,45?,46-,48+,49+,51-,52-,53-,54-,55-/m0/s1. The van der Waals surface area contributed by atoms with Gasteiger partial charge < -0.3 is 106 Å². The molecule has 16 N–H and O–H groups in total. The number of nitrogens with zero attached hydrogens (tertiary/aromatic N) is 5. The Morgan fingerprint density at radius 1 is 0.781 bits per heavy atom. The number of phenolic OH excluding ortho intramolecular Hbond substituents is 1. The topological polar surface area (TPSA) is 474 Å². The van der Waals surface area contributed by atoms with Crippen LogP contribution in [0.1, 0.15) is 91.0 Å². The second-order valence-corrected chi connectivity index (χ2v) is 26.9. The number of phenols is 1. The van der Waals surface area contributed by atoms with Crippen LogP contribution in [0.4, 0.5) is 5.69 Å². The molecule has 7 rings (SSSR count). The van der Waals surface area contributed by atoms with Gasteiger partial charge in [-0.05, 0) is 127 Å². The van der Waals surface area contributed by atoms with Crippen molar-refractivity contribution in [1.29, 1.82) is 0 Å². The van der Waals surface area contributed by atoms with Gasteiger partial charge in [-0.2, -0.15) is 8.42 Å². The van der Waals surface area contributed by atoms with Crippen LogP contribution in [-0.4, -0.2) is 271 Å². The molecule has 4 aliphatic rings. The van der Waals surface area contributed by atoms with E-state index < -0.39 is 194 Å². The van der Waals surface area contributed by atoms with Gasteiger partial charge in [-0.25, -0.2) is 9.97 Å². The molecular weight excluding hydrogens is 1280 g/mol. The van der Waals surface area contributed by atoms with Gasteiger partial charge in [-0.3, -0.25) is 33.3 Å². The van der Waals surface area contributed by atoms with Crippen LogP contribution in [0.25, 0.3) is 11.4 Å². The number of benzene rings is 2. The molecule has 32 nitrogen and oxygen atoms in total. The lowest BCUT2D eigenvalue weighted by atomic mass is 9.95. The van der Waals surface area contributed by atoms with Gasteiger partial charge in [0.2, 0.25) is 35.4 Å². The minimum absolute atomic E-state index is 0.0494. The van der Waals surface area contributed by atoms with Gasteiger partial charge >= 0.3 is 10.4 Å². The van der Waals surface area contributed by atoms with E-state index in [1.54, 1.807) is 19.5 Å². The van der Waals surface area contributed by atoms with Crippen molar-refractivity contribution in [1.82, 2.24) is 51.7 Å². The number of nitrogens with one attached hydrogen (secondary N) is 6. The van der Waals surface area contributed by atoms with E-state index in [0.29, 0.717) is 38.4 Å². The summed E-state index contributed by atoms with van der Waals surface area (Å²) < 4.78 is 48.5. The van der Waals surface area contributed by atoms with E-state index in [9.17, 15) is 87.7 Å². The van der Waals surface area contributed by atoms with Crippen molar-refractivity contribution < 1.29 is 101 Å². The number of amides is 6. The van der Waals surface area contributed by atoms with Crippen LogP contribution < -0.4 is 45.7 Å². The van der Waals surface area contributed by atoms with Crippen LogP contribution in [0.5, 0.6) is 17.2 Å². The third-order valence-electron chi connectivity index (χ3n) is 18.0. The summed E-state index contributed by atoms with van der Waals surface area (Å²) in [6, 6.07) is -1.29. The van der Waals surface area contributed by atoms with Crippen molar-refractivity contribution in [2.75, 3.05) is 77.6 Å². The van der Waals surface area contributed by atoms with E-state index in [-0.39, 0.29) is 36.7 Å². The first kappa shape index (κ1) is 76.4. The van der Waals surface area contributed by atoms with Crippen LogP contribution in [0, 0.1) is 11.8 Å². The molecule has 33 heteroatoms. The summed E-state index contributed by atoms with van der Waals surface area (Å²) in [7, 11) is -3.50. The zero-order valence-corrected chi connectivity index (χ0v) is 55.4. The Balaban J connectivity index is 1.11. The first-order chi connectivity index (χ1) is 45.5. The number of ether oxygens (including phenoxy) is 2. The average molecular weight is 1370 g/mol. The lowest BCUT2D eigenvalue weighted by Gasteiger charge is -2.34. The van der Waals surface area contributed by atoms with E-state index in [1.165, 1.54) is 13.8 Å². The van der Waals surface area contributed by atoms with Gasteiger partial charge in [0.1, 0.15) is 36.0 Å². The number of unbranched alkanes of at least 4 members (excludes halogenated alkanes) is 2. The summed E-state index contributed by atoms with van der Waals surface area (Å²) in [5, 5.41) is 115. The number of aromatic nitrogens is 2. The molecule has 5 heterocycles. The zero-order valence-electron chi connectivity index (χ0n) is 54.6. The predicted molar refractivity (Wildman–Crippen MR) is 344 cm³/mol. The number of β-amino-alcohol motifs (C(OH)–C–C–N with tert-alkyl or cyclic N) is 1. The first-order valence-corrected chi connectivity index (χ1v) is 33.8. The number of aliphatic hydroxyl groups excluding tert-OH is 8. The molecule has 0 spiro atoms. The molecule has 1 aromatic heterocycles. The Labute approximate surface area is 557 Å². The van der Waals surface area contributed by atoms with Crippen LogP contribution in [0.3, 0.4) is 0 Å². The molecule has 4 aliphatic heterocycles. The lowest BCUT2D eigenvalue weighted by molar-refractivity contribution is -0.147. The predicted octanol–water partition coefficient (Wildman–Crippen LogP) is -3.25. The van der Waals surface area contributed by atoms with Gasteiger partial charge in [0.25, 0.3) is 0 Å². The molecule has 96 heavy (non-hydrogen) atoms. The molecule has 6 amide bonds. The number of piperidine rings is 1. The summed E-state index contributed by atoms with van der Waals surface area (Å²) in [5.41, 5.74) is 1.36. The quantitative estimate of drug-likeness (QED) is 0.0277. The monoisotopic (exact) mass is 1370 g/mol. The maximum atomic E-state index is 15.0. The molecule has 1 unspecified atom stereocenters. The van der Waals surface area contributed by atoms with Crippen molar-refractivity contribution in [3.63, 3.8) is 0 Å². The van der Waals surface area contributed by atoms with Crippen LogP contribution in [0.15, 0.2) is 54.9 Å². The van der Waals surface area contributed by atoms with Crippen molar-refractivity contribution >= 4 is 51.5 Å². The van der Waals surface area contributed by atoms with E-state index in [4.69, 9.17) is 9.47 Å². The van der Waals surface area contributed by atoms with Crippen molar-refractivity contribution in [3.05, 3.63) is 60.4 Å². The third kappa shape index (κ3) is 21.3. The van der Waals surface area contributed by atoms with Crippen molar-refractivity contribution in [2.45, 2.75) is 176 Å². The zero-order chi connectivity index (χ0) is 70.2. The molecule has 0 bridgehead atoms. The summed E-state index contributed by atoms with van der Waals surface area (Å²) >= 11 is 0. The number of hydrogen-bond donors (Lipinski definition) is 16. The molecule has 13 atom stereocenters. The van der Waals surface area contributed by atoms with Gasteiger partial charge in [-0.1, -0.05) is 19.4 Å². The summed E-state index contributed by atoms with van der Waals surface area (Å²) in [4.78, 5) is 101. The normalized spacial score (nSPS) is 25.8.